The lowest BCUT2D eigenvalue weighted by Crippen LogP contribution is -2.23. The smallest absolute Gasteiger partial charge is 0.193 e. The zero-order valence-electron chi connectivity index (χ0n) is 11.4. The van der Waals surface area contributed by atoms with Crippen molar-refractivity contribution in [3.8, 4) is 0 Å². The van der Waals surface area contributed by atoms with Crippen molar-refractivity contribution in [3.05, 3.63) is 64.7 Å². The molecule has 0 bridgehead atoms. The van der Waals surface area contributed by atoms with E-state index in [1.807, 2.05) is 55.5 Å². The van der Waals surface area contributed by atoms with E-state index in [0.717, 1.165) is 22.7 Å². The molecule has 4 heteroatoms. The average molecular weight is 288 g/mol. The van der Waals surface area contributed by atoms with Gasteiger partial charge in [-0.05, 0) is 42.7 Å². The Labute approximate surface area is 124 Å². The van der Waals surface area contributed by atoms with E-state index in [0.29, 0.717) is 12.5 Å². The summed E-state index contributed by atoms with van der Waals surface area (Å²) in [6.07, 6.45) is 0.774. The SMILES string of the molecule is Cc1cccc(NC(N)=NCCc2ccccc2Cl)c1. The third-order valence-electron chi connectivity index (χ3n) is 2.91. The highest BCUT2D eigenvalue weighted by Gasteiger charge is 1.99. The Morgan fingerprint density at radius 1 is 1.20 bits per heavy atom. The van der Waals surface area contributed by atoms with Gasteiger partial charge in [0.2, 0.25) is 0 Å². The summed E-state index contributed by atoms with van der Waals surface area (Å²) in [6, 6.07) is 15.8. The maximum Gasteiger partial charge on any atom is 0.193 e. The summed E-state index contributed by atoms with van der Waals surface area (Å²) in [5.74, 6) is 0.419. The van der Waals surface area contributed by atoms with Crippen LogP contribution in [0.15, 0.2) is 53.5 Å². The Hall–Kier alpha value is -2.00. The van der Waals surface area contributed by atoms with Crippen LogP contribution in [0.25, 0.3) is 0 Å². The van der Waals surface area contributed by atoms with E-state index in [1.165, 1.54) is 5.56 Å². The molecule has 0 spiro atoms. The summed E-state index contributed by atoms with van der Waals surface area (Å²) in [5, 5.41) is 3.85. The molecule has 3 nitrogen and oxygen atoms in total. The predicted molar refractivity (Wildman–Crippen MR) is 86.4 cm³/mol. The van der Waals surface area contributed by atoms with Crippen LogP contribution >= 0.6 is 11.6 Å². The topological polar surface area (TPSA) is 50.4 Å². The molecule has 2 rings (SSSR count). The number of nitrogens with one attached hydrogen (secondary N) is 1. The van der Waals surface area contributed by atoms with Crippen LogP contribution in [0.1, 0.15) is 11.1 Å². The molecule has 0 radical (unpaired) electrons. The van der Waals surface area contributed by atoms with Crippen LogP contribution in [-0.4, -0.2) is 12.5 Å². The lowest BCUT2D eigenvalue weighted by molar-refractivity contribution is 0.965. The van der Waals surface area contributed by atoms with Gasteiger partial charge < -0.3 is 11.1 Å². The first-order valence-electron chi connectivity index (χ1n) is 6.52. The maximum atomic E-state index is 6.09. The van der Waals surface area contributed by atoms with Crippen LogP contribution in [0.4, 0.5) is 5.69 Å². The Kier molecular flexibility index (Phi) is 5.02. The van der Waals surface area contributed by atoms with Crippen LogP contribution in [0, 0.1) is 6.92 Å². The van der Waals surface area contributed by atoms with Crippen molar-refractivity contribution >= 4 is 23.2 Å². The summed E-state index contributed by atoms with van der Waals surface area (Å²) < 4.78 is 0. The Bertz CT molecular complexity index is 608. The van der Waals surface area contributed by atoms with Gasteiger partial charge in [0.1, 0.15) is 0 Å². The van der Waals surface area contributed by atoms with Crippen LogP contribution in [0.3, 0.4) is 0 Å². The first-order chi connectivity index (χ1) is 9.65. The standard InChI is InChI=1S/C16H18ClN3/c1-12-5-4-7-14(11-12)20-16(18)19-10-9-13-6-2-3-8-15(13)17/h2-8,11H,9-10H2,1H3,(H3,18,19,20). The minimum Gasteiger partial charge on any atom is -0.370 e. The molecule has 2 aromatic carbocycles. The fourth-order valence-electron chi connectivity index (χ4n) is 1.91. The van der Waals surface area contributed by atoms with Crippen molar-refractivity contribution in [3.63, 3.8) is 0 Å². The molecule has 0 fully saturated rings. The number of rotatable bonds is 4. The lowest BCUT2D eigenvalue weighted by atomic mass is 10.1. The second kappa shape index (κ2) is 6.96. The molecule has 0 aliphatic rings. The van der Waals surface area contributed by atoms with Gasteiger partial charge in [-0.3, -0.25) is 4.99 Å². The summed E-state index contributed by atoms with van der Waals surface area (Å²) in [4.78, 5) is 4.31. The van der Waals surface area contributed by atoms with Gasteiger partial charge in [0, 0.05) is 17.3 Å². The summed E-state index contributed by atoms with van der Waals surface area (Å²) in [7, 11) is 0. The largest absolute Gasteiger partial charge is 0.370 e. The number of guanidine groups is 1. The summed E-state index contributed by atoms with van der Waals surface area (Å²) >= 11 is 6.09. The number of nitrogens with two attached hydrogens (primary N) is 1. The Balaban J connectivity index is 1.90. The molecule has 0 aromatic heterocycles. The molecule has 0 aliphatic carbocycles. The molecule has 3 N–H and O–H groups in total. The zero-order chi connectivity index (χ0) is 14.4. The molecular formula is C16H18ClN3. The molecule has 0 unspecified atom stereocenters. The number of hydrogen-bond acceptors (Lipinski definition) is 1. The zero-order valence-corrected chi connectivity index (χ0v) is 12.2. The number of anilines is 1. The summed E-state index contributed by atoms with van der Waals surface area (Å²) in [5.41, 5.74) is 9.08. The molecule has 0 heterocycles. The van der Waals surface area contributed by atoms with E-state index in [1.54, 1.807) is 0 Å². The van der Waals surface area contributed by atoms with Gasteiger partial charge in [-0.1, -0.05) is 41.9 Å². The molecule has 0 aliphatic heterocycles. The van der Waals surface area contributed by atoms with Crippen molar-refractivity contribution < 1.29 is 0 Å². The third-order valence-corrected chi connectivity index (χ3v) is 3.28. The van der Waals surface area contributed by atoms with Crippen LogP contribution in [0.5, 0.6) is 0 Å². The van der Waals surface area contributed by atoms with Crippen LogP contribution < -0.4 is 11.1 Å². The monoisotopic (exact) mass is 287 g/mol. The predicted octanol–water partition coefficient (Wildman–Crippen LogP) is 3.62. The van der Waals surface area contributed by atoms with E-state index < -0.39 is 0 Å². The number of halogens is 1. The lowest BCUT2D eigenvalue weighted by Gasteiger charge is -2.06. The van der Waals surface area contributed by atoms with Gasteiger partial charge >= 0.3 is 0 Å². The number of aliphatic imine (C=N–C) groups is 1. The molecule has 0 atom stereocenters. The Morgan fingerprint density at radius 2 is 2.00 bits per heavy atom. The van der Waals surface area contributed by atoms with Gasteiger partial charge in [0.05, 0.1) is 0 Å². The Morgan fingerprint density at radius 3 is 2.75 bits per heavy atom. The van der Waals surface area contributed by atoms with Crippen molar-refractivity contribution in [1.29, 1.82) is 0 Å². The van der Waals surface area contributed by atoms with E-state index in [4.69, 9.17) is 17.3 Å². The van der Waals surface area contributed by atoms with E-state index >= 15 is 0 Å². The second-order valence-corrected chi connectivity index (χ2v) is 5.01. The van der Waals surface area contributed by atoms with Crippen molar-refractivity contribution in [2.75, 3.05) is 11.9 Å². The number of hydrogen-bond donors (Lipinski definition) is 2. The maximum absolute atomic E-state index is 6.09. The second-order valence-electron chi connectivity index (χ2n) is 4.60. The molecule has 0 amide bonds. The first kappa shape index (κ1) is 14.4. The van der Waals surface area contributed by atoms with Gasteiger partial charge in [-0.15, -0.1) is 0 Å². The fraction of sp³-hybridized carbons (Fsp3) is 0.188. The van der Waals surface area contributed by atoms with Gasteiger partial charge in [0.15, 0.2) is 5.96 Å². The first-order valence-corrected chi connectivity index (χ1v) is 6.90. The highest BCUT2D eigenvalue weighted by atomic mass is 35.5. The fourth-order valence-corrected chi connectivity index (χ4v) is 2.14. The minimum absolute atomic E-state index is 0.419. The quantitative estimate of drug-likeness (QED) is 0.666. The van der Waals surface area contributed by atoms with Gasteiger partial charge in [-0.25, -0.2) is 0 Å². The van der Waals surface area contributed by atoms with E-state index in [-0.39, 0.29) is 0 Å². The van der Waals surface area contributed by atoms with Crippen molar-refractivity contribution in [2.45, 2.75) is 13.3 Å². The van der Waals surface area contributed by atoms with Gasteiger partial charge in [-0.2, -0.15) is 0 Å². The number of nitrogens with zero attached hydrogens (tertiary/aromatic N) is 1. The molecule has 0 saturated carbocycles. The highest BCUT2D eigenvalue weighted by molar-refractivity contribution is 6.31. The minimum atomic E-state index is 0.419. The molecule has 2 aromatic rings. The molecule has 0 saturated heterocycles. The van der Waals surface area contributed by atoms with Gasteiger partial charge in [0.25, 0.3) is 0 Å². The van der Waals surface area contributed by atoms with Crippen molar-refractivity contribution in [2.24, 2.45) is 10.7 Å². The third kappa shape index (κ3) is 4.28. The molecule has 20 heavy (non-hydrogen) atoms. The van der Waals surface area contributed by atoms with Crippen LogP contribution in [-0.2, 0) is 6.42 Å². The molecule has 104 valence electrons. The van der Waals surface area contributed by atoms with E-state index in [9.17, 15) is 0 Å². The normalized spacial score (nSPS) is 11.4. The number of aryl methyl sites for hydroxylation is 1. The number of benzene rings is 2. The van der Waals surface area contributed by atoms with Crippen LogP contribution in [0.2, 0.25) is 5.02 Å². The van der Waals surface area contributed by atoms with Crippen molar-refractivity contribution in [1.82, 2.24) is 0 Å². The van der Waals surface area contributed by atoms with E-state index in [2.05, 4.69) is 10.3 Å². The molecular weight excluding hydrogens is 270 g/mol. The highest BCUT2D eigenvalue weighted by Crippen LogP contribution is 2.15. The average Bonchev–Trinajstić information content (AvgIpc) is 2.41. The summed E-state index contributed by atoms with van der Waals surface area (Å²) in [6.45, 7) is 2.64.